The fourth-order valence-electron chi connectivity index (χ4n) is 4.97. The number of ether oxygens (including phenoxy) is 1. The predicted molar refractivity (Wildman–Crippen MR) is 118 cm³/mol. The van der Waals surface area contributed by atoms with Crippen LogP contribution in [0.15, 0.2) is 0 Å². The summed E-state index contributed by atoms with van der Waals surface area (Å²) in [5.74, 6) is 1.40. The summed E-state index contributed by atoms with van der Waals surface area (Å²) < 4.78 is 5.91. The third-order valence-corrected chi connectivity index (χ3v) is 8.11. The predicted octanol–water partition coefficient (Wildman–Crippen LogP) is 1.25. The molecule has 8 atom stereocenters. The third-order valence-electron chi connectivity index (χ3n) is 7.26. The molecule has 0 aromatic rings. The molecule has 0 unspecified atom stereocenters. The highest BCUT2D eigenvalue weighted by atomic mass is 32.2. The first-order valence-electron chi connectivity index (χ1n) is 11.6. The fourth-order valence-corrected chi connectivity index (χ4v) is 5.65. The maximum absolute atomic E-state index is 13.1. The molecule has 8 heteroatoms. The van der Waals surface area contributed by atoms with E-state index in [1.165, 1.54) is 43.9 Å². The van der Waals surface area contributed by atoms with Crippen LogP contribution in [0.4, 0.5) is 0 Å². The van der Waals surface area contributed by atoms with Gasteiger partial charge in [0, 0.05) is 0 Å². The zero-order valence-electron chi connectivity index (χ0n) is 18.5. The largest absolute Gasteiger partial charge is 0.388 e. The molecule has 1 aliphatic carbocycles. The van der Waals surface area contributed by atoms with Crippen LogP contribution in [0.3, 0.4) is 0 Å². The average molecular weight is 445 g/mol. The van der Waals surface area contributed by atoms with Crippen molar-refractivity contribution in [3.8, 4) is 0 Å². The summed E-state index contributed by atoms with van der Waals surface area (Å²) in [4.78, 5) is 13.1. The van der Waals surface area contributed by atoms with Crippen LogP contribution in [0.1, 0.15) is 58.8 Å². The molecule has 2 saturated heterocycles. The molecular weight excluding hydrogens is 404 g/mol. The quantitative estimate of drug-likeness (QED) is 0.383. The van der Waals surface area contributed by atoms with Crippen LogP contribution in [0.2, 0.25) is 0 Å². The van der Waals surface area contributed by atoms with E-state index in [-0.39, 0.29) is 17.9 Å². The minimum absolute atomic E-state index is 0.00319. The van der Waals surface area contributed by atoms with E-state index in [1.807, 2.05) is 13.8 Å². The van der Waals surface area contributed by atoms with Crippen LogP contribution < -0.4 is 10.6 Å². The van der Waals surface area contributed by atoms with Gasteiger partial charge >= 0.3 is 0 Å². The van der Waals surface area contributed by atoms with Crippen LogP contribution in [-0.4, -0.2) is 76.0 Å². The van der Waals surface area contributed by atoms with Gasteiger partial charge in [0.25, 0.3) is 0 Å². The first-order valence-corrected chi connectivity index (χ1v) is 12.9. The van der Waals surface area contributed by atoms with Gasteiger partial charge in [-0.05, 0) is 43.4 Å². The van der Waals surface area contributed by atoms with Crippen molar-refractivity contribution in [1.82, 2.24) is 10.6 Å². The second kappa shape index (κ2) is 11.0. The van der Waals surface area contributed by atoms with E-state index < -0.39 is 35.9 Å². The van der Waals surface area contributed by atoms with Gasteiger partial charge in [-0.3, -0.25) is 4.79 Å². The van der Waals surface area contributed by atoms with Gasteiger partial charge < -0.3 is 30.7 Å². The molecule has 30 heavy (non-hydrogen) atoms. The summed E-state index contributed by atoms with van der Waals surface area (Å²) in [5, 5.41) is 37.4. The number of hydrogen-bond acceptors (Lipinski definition) is 7. The molecule has 0 radical (unpaired) electrons. The zero-order chi connectivity index (χ0) is 21.8. The van der Waals surface area contributed by atoms with Gasteiger partial charge in [-0.1, -0.05) is 46.0 Å². The molecule has 0 spiro atoms. The van der Waals surface area contributed by atoms with Gasteiger partial charge in [0.1, 0.15) is 29.9 Å². The molecule has 3 rings (SSSR count). The zero-order valence-corrected chi connectivity index (χ0v) is 19.3. The Morgan fingerprint density at radius 2 is 1.80 bits per heavy atom. The van der Waals surface area contributed by atoms with Crippen molar-refractivity contribution in [2.24, 2.45) is 17.8 Å². The number of aliphatic hydroxyl groups excluding tert-OH is 3. The second-order valence-corrected chi connectivity index (χ2v) is 10.7. The summed E-state index contributed by atoms with van der Waals surface area (Å²) in [6.45, 7) is 4.77. The molecule has 3 fully saturated rings. The smallest absolute Gasteiger partial charge is 0.237 e. The highest BCUT2D eigenvalue weighted by Gasteiger charge is 2.47. The van der Waals surface area contributed by atoms with Crippen LogP contribution in [0.25, 0.3) is 0 Å². The van der Waals surface area contributed by atoms with Crippen molar-refractivity contribution in [3.05, 3.63) is 0 Å². The van der Waals surface area contributed by atoms with E-state index in [4.69, 9.17) is 4.74 Å². The molecule has 2 heterocycles. The van der Waals surface area contributed by atoms with E-state index in [1.54, 1.807) is 6.26 Å². The molecule has 1 saturated carbocycles. The van der Waals surface area contributed by atoms with E-state index in [0.29, 0.717) is 5.92 Å². The number of carbonyl (C=O) groups excluding carboxylic acids is 1. The Kier molecular flexibility index (Phi) is 8.87. The van der Waals surface area contributed by atoms with Crippen LogP contribution in [0.5, 0.6) is 0 Å². The maximum atomic E-state index is 13.1. The van der Waals surface area contributed by atoms with Crippen LogP contribution >= 0.6 is 11.8 Å². The lowest BCUT2D eigenvalue weighted by molar-refractivity contribution is -0.208. The van der Waals surface area contributed by atoms with E-state index in [0.717, 1.165) is 25.3 Å². The number of piperidine rings is 1. The molecule has 3 aliphatic rings. The Morgan fingerprint density at radius 1 is 1.10 bits per heavy atom. The lowest BCUT2D eigenvalue weighted by Crippen LogP contribution is -2.65. The highest BCUT2D eigenvalue weighted by Crippen LogP contribution is 2.34. The van der Waals surface area contributed by atoms with Gasteiger partial charge in [0.15, 0.2) is 0 Å². The number of aliphatic hydroxyl groups is 3. The fraction of sp³-hybridized carbons (Fsp3) is 0.955. The third kappa shape index (κ3) is 5.70. The lowest BCUT2D eigenvalue weighted by Gasteiger charge is -2.44. The van der Waals surface area contributed by atoms with Crippen molar-refractivity contribution in [1.29, 1.82) is 0 Å². The van der Waals surface area contributed by atoms with E-state index in [9.17, 15) is 20.1 Å². The summed E-state index contributed by atoms with van der Waals surface area (Å²) in [7, 11) is 0. The van der Waals surface area contributed by atoms with Crippen LogP contribution in [-0.2, 0) is 9.53 Å². The summed E-state index contributed by atoms with van der Waals surface area (Å²) in [6.07, 6.45) is 5.84. The van der Waals surface area contributed by atoms with E-state index in [2.05, 4.69) is 10.6 Å². The SMILES string of the molecule is CS[C@H]1O[C@H]([C@H](NC(=O)[C@@H]2C[C@H](CCC3CCC3)CCN2)C(C)C)[C@H](O)[C@H](O)[C@H]1O. The summed E-state index contributed by atoms with van der Waals surface area (Å²) >= 11 is 1.29. The Hall–Kier alpha value is -0.380. The maximum Gasteiger partial charge on any atom is 0.237 e. The van der Waals surface area contributed by atoms with Gasteiger partial charge in [-0.15, -0.1) is 11.8 Å². The molecule has 0 aromatic heterocycles. The normalized spacial score (nSPS) is 38.8. The van der Waals surface area contributed by atoms with E-state index >= 15 is 0 Å². The minimum Gasteiger partial charge on any atom is -0.388 e. The number of rotatable bonds is 8. The molecule has 0 bridgehead atoms. The monoisotopic (exact) mass is 444 g/mol. The molecule has 1 amide bonds. The van der Waals surface area contributed by atoms with Gasteiger partial charge in [-0.2, -0.15) is 0 Å². The Labute approximate surface area is 184 Å². The topological polar surface area (TPSA) is 111 Å². The molecule has 174 valence electrons. The van der Waals surface area contributed by atoms with Gasteiger partial charge in [-0.25, -0.2) is 0 Å². The van der Waals surface area contributed by atoms with Crippen molar-refractivity contribution in [3.63, 3.8) is 0 Å². The van der Waals surface area contributed by atoms with Gasteiger partial charge in [0.05, 0.1) is 12.1 Å². The first kappa shape index (κ1) is 24.3. The molecule has 7 nitrogen and oxygen atoms in total. The second-order valence-electron chi connectivity index (χ2n) is 9.73. The van der Waals surface area contributed by atoms with Crippen molar-refractivity contribution >= 4 is 17.7 Å². The number of nitrogens with one attached hydrogen (secondary N) is 2. The number of amides is 1. The van der Waals surface area contributed by atoms with Crippen molar-refractivity contribution < 1.29 is 24.9 Å². The molecule has 2 aliphatic heterocycles. The lowest BCUT2D eigenvalue weighted by atomic mass is 9.78. The highest BCUT2D eigenvalue weighted by molar-refractivity contribution is 7.99. The molecular formula is C22H40N2O5S. The number of thioether (sulfide) groups is 1. The summed E-state index contributed by atoms with van der Waals surface area (Å²) in [5.41, 5.74) is -0.643. The standard InChI is InChI=1S/C22H40N2O5S/c1-12(2)16(20-18(26)17(25)19(27)22(29-20)30-3)24-21(28)15-11-14(9-10-23-15)8-7-13-5-4-6-13/h12-20,22-23,25-27H,4-11H2,1-3H3,(H,24,28)/t14-,15+,16-,17+,18-,19-,20-,22-/m1/s1. The summed E-state index contributed by atoms with van der Waals surface area (Å²) in [6, 6.07) is -0.694. The Morgan fingerprint density at radius 3 is 2.40 bits per heavy atom. The number of carbonyl (C=O) groups is 1. The average Bonchev–Trinajstić information content (AvgIpc) is 2.69. The van der Waals surface area contributed by atoms with Crippen LogP contribution in [0, 0.1) is 17.8 Å². The van der Waals surface area contributed by atoms with Gasteiger partial charge in [0.2, 0.25) is 5.91 Å². The first-order chi connectivity index (χ1) is 14.3. The van der Waals surface area contributed by atoms with Crippen molar-refractivity contribution in [2.45, 2.75) is 101 Å². The Bertz CT molecular complexity index is 560. The minimum atomic E-state index is -1.30. The number of hydrogen-bond donors (Lipinski definition) is 5. The Balaban J connectivity index is 1.59. The molecule has 5 N–H and O–H groups in total. The molecule has 0 aromatic carbocycles. The van der Waals surface area contributed by atoms with Crippen molar-refractivity contribution in [2.75, 3.05) is 12.8 Å².